The lowest BCUT2D eigenvalue weighted by molar-refractivity contribution is -0.0342. The van der Waals surface area contributed by atoms with Crippen LogP contribution in [0.1, 0.15) is 44.9 Å². The van der Waals surface area contributed by atoms with Crippen LogP contribution in [0.3, 0.4) is 0 Å². The molecule has 0 amide bonds. The predicted octanol–water partition coefficient (Wildman–Crippen LogP) is 1.67. The molecule has 4 aliphatic rings. The van der Waals surface area contributed by atoms with Gasteiger partial charge in [-0.3, -0.25) is 9.80 Å². The van der Waals surface area contributed by atoms with Crippen LogP contribution in [0.4, 0.5) is 0 Å². The molecule has 0 aromatic rings. The number of rotatable bonds is 2. The molecular weight excluding hydrogens is 234 g/mol. The Morgan fingerprint density at radius 1 is 1.05 bits per heavy atom. The summed E-state index contributed by atoms with van der Waals surface area (Å²) in [6, 6.07) is 0.838. The van der Waals surface area contributed by atoms with Crippen molar-refractivity contribution in [2.75, 3.05) is 32.7 Å². The molecule has 108 valence electrons. The summed E-state index contributed by atoms with van der Waals surface area (Å²) in [5.41, 5.74) is 6.69. The number of nitrogens with two attached hydrogens (primary N) is 1. The van der Waals surface area contributed by atoms with Gasteiger partial charge in [0.25, 0.3) is 0 Å². The van der Waals surface area contributed by atoms with Crippen LogP contribution < -0.4 is 5.73 Å². The third kappa shape index (κ3) is 1.89. The second-order valence-electron chi connectivity index (χ2n) is 7.52. The number of piperazine rings is 1. The molecule has 2 N–H and O–H groups in total. The first-order valence-corrected chi connectivity index (χ1v) is 8.51. The van der Waals surface area contributed by atoms with Crippen LogP contribution >= 0.6 is 0 Å². The second kappa shape index (κ2) is 4.71. The summed E-state index contributed by atoms with van der Waals surface area (Å²) >= 11 is 0. The summed E-state index contributed by atoms with van der Waals surface area (Å²) in [6.45, 7) is 6.13. The van der Waals surface area contributed by atoms with E-state index in [1.807, 2.05) is 0 Å². The zero-order chi connectivity index (χ0) is 12.9. The van der Waals surface area contributed by atoms with Crippen molar-refractivity contribution in [3.05, 3.63) is 0 Å². The molecule has 2 saturated carbocycles. The van der Waals surface area contributed by atoms with Gasteiger partial charge in [0.1, 0.15) is 0 Å². The molecule has 3 nitrogen and oxygen atoms in total. The molecule has 2 aliphatic heterocycles. The van der Waals surface area contributed by atoms with Gasteiger partial charge in [0.2, 0.25) is 0 Å². The number of nitrogens with zero attached hydrogens (tertiary/aromatic N) is 2. The Hall–Kier alpha value is -0.120. The maximum atomic E-state index is 6.30. The second-order valence-corrected chi connectivity index (χ2v) is 7.52. The zero-order valence-electron chi connectivity index (χ0n) is 12.2. The van der Waals surface area contributed by atoms with Crippen LogP contribution in [-0.4, -0.2) is 54.1 Å². The minimum atomic E-state index is 0.395. The quantitative estimate of drug-likeness (QED) is 0.822. The van der Waals surface area contributed by atoms with Crippen molar-refractivity contribution >= 4 is 0 Å². The van der Waals surface area contributed by atoms with Gasteiger partial charge in [-0.15, -0.1) is 0 Å². The van der Waals surface area contributed by atoms with E-state index in [4.69, 9.17) is 5.73 Å². The highest BCUT2D eigenvalue weighted by Gasteiger charge is 2.54. The van der Waals surface area contributed by atoms with Gasteiger partial charge in [-0.1, -0.05) is 12.8 Å². The maximum absolute atomic E-state index is 6.30. The first-order valence-electron chi connectivity index (χ1n) is 8.51. The Labute approximate surface area is 117 Å². The Balaban J connectivity index is 1.52. The third-order valence-electron chi connectivity index (χ3n) is 6.76. The van der Waals surface area contributed by atoms with Gasteiger partial charge in [0.15, 0.2) is 0 Å². The Morgan fingerprint density at radius 3 is 2.74 bits per heavy atom. The average molecular weight is 263 g/mol. The molecule has 4 rings (SSSR count). The molecule has 4 atom stereocenters. The molecule has 0 aromatic heterocycles. The molecular formula is C16H29N3. The minimum Gasteiger partial charge on any atom is -0.329 e. The Bertz CT molecular complexity index is 345. The Kier molecular flexibility index (Phi) is 3.13. The van der Waals surface area contributed by atoms with Gasteiger partial charge in [-0.2, -0.15) is 0 Å². The van der Waals surface area contributed by atoms with Crippen molar-refractivity contribution in [2.45, 2.75) is 56.5 Å². The molecule has 19 heavy (non-hydrogen) atoms. The third-order valence-corrected chi connectivity index (χ3v) is 6.76. The van der Waals surface area contributed by atoms with E-state index in [9.17, 15) is 0 Å². The lowest BCUT2D eigenvalue weighted by Crippen LogP contribution is -2.65. The number of hydrogen-bond donors (Lipinski definition) is 1. The van der Waals surface area contributed by atoms with Crippen LogP contribution in [0.5, 0.6) is 0 Å². The fourth-order valence-electron chi connectivity index (χ4n) is 5.74. The van der Waals surface area contributed by atoms with E-state index in [0.717, 1.165) is 24.4 Å². The van der Waals surface area contributed by atoms with Crippen LogP contribution in [-0.2, 0) is 0 Å². The molecule has 4 unspecified atom stereocenters. The lowest BCUT2D eigenvalue weighted by Gasteiger charge is -2.53. The van der Waals surface area contributed by atoms with Crippen LogP contribution in [0, 0.1) is 11.8 Å². The number of fused-ring (bicyclic) bond motifs is 3. The van der Waals surface area contributed by atoms with E-state index < -0.39 is 0 Å². The van der Waals surface area contributed by atoms with Crippen molar-refractivity contribution in [1.82, 2.24) is 9.80 Å². The molecule has 2 aliphatic carbocycles. The molecule has 0 spiro atoms. The van der Waals surface area contributed by atoms with Gasteiger partial charge >= 0.3 is 0 Å². The van der Waals surface area contributed by atoms with Gasteiger partial charge in [0.05, 0.1) is 0 Å². The van der Waals surface area contributed by atoms with Crippen LogP contribution in [0.15, 0.2) is 0 Å². The average Bonchev–Trinajstić information content (AvgIpc) is 3.08. The standard InChI is InChI=1S/C16H29N3/c17-12-16(10-13-4-5-14(16)9-13)19-8-7-18-6-2-1-3-15(18)11-19/h13-15H,1-12,17H2. The minimum absolute atomic E-state index is 0.395. The fraction of sp³-hybridized carbons (Fsp3) is 1.00. The highest BCUT2D eigenvalue weighted by molar-refractivity contribution is 5.09. The summed E-state index contributed by atoms with van der Waals surface area (Å²) in [5, 5.41) is 0. The Morgan fingerprint density at radius 2 is 2.00 bits per heavy atom. The normalized spacial score (nSPS) is 47.5. The molecule has 4 fully saturated rings. The summed E-state index contributed by atoms with van der Waals surface area (Å²) in [5.74, 6) is 1.91. The smallest absolute Gasteiger partial charge is 0.0363 e. The summed E-state index contributed by atoms with van der Waals surface area (Å²) in [6.07, 6.45) is 10.1. The van der Waals surface area contributed by atoms with E-state index >= 15 is 0 Å². The van der Waals surface area contributed by atoms with Crippen molar-refractivity contribution in [3.63, 3.8) is 0 Å². The molecule has 2 bridgehead atoms. The zero-order valence-corrected chi connectivity index (χ0v) is 12.2. The summed E-state index contributed by atoms with van der Waals surface area (Å²) < 4.78 is 0. The molecule has 2 heterocycles. The largest absolute Gasteiger partial charge is 0.329 e. The fourth-order valence-corrected chi connectivity index (χ4v) is 5.74. The monoisotopic (exact) mass is 263 g/mol. The van der Waals surface area contributed by atoms with E-state index in [1.54, 1.807) is 0 Å². The first kappa shape index (κ1) is 12.6. The highest BCUT2D eigenvalue weighted by atomic mass is 15.3. The van der Waals surface area contributed by atoms with E-state index in [1.165, 1.54) is 71.1 Å². The van der Waals surface area contributed by atoms with Crippen molar-refractivity contribution in [2.24, 2.45) is 17.6 Å². The topological polar surface area (TPSA) is 32.5 Å². The van der Waals surface area contributed by atoms with Gasteiger partial charge in [-0.25, -0.2) is 0 Å². The van der Waals surface area contributed by atoms with Gasteiger partial charge in [0, 0.05) is 37.8 Å². The van der Waals surface area contributed by atoms with Gasteiger partial charge in [-0.05, 0) is 50.5 Å². The lowest BCUT2D eigenvalue weighted by atomic mass is 9.78. The van der Waals surface area contributed by atoms with E-state index in [2.05, 4.69) is 9.80 Å². The van der Waals surface area contributed by atoms with Crippen LogP contribution in [0.25, 0.3) is 0 Å². The van der Waals surface area contributed by atoms with Crippen molar-refractivity contribution in [1.29, 1.82) is 0 Å². The van der Waals surface area contributed by atoms with E-state index in [-0.39, 0.29) is 0 Å². The molecule has 0 aromatic carbocycles. The molecule has 3 heteroatoms. The summed E-state index contributed by atoms with van der Waals surface area (Å²) in [7, 11) is 0. The predicted molar refractivity (Wildman–Crippen MR) is 78.0 cm³/mol. The number of hydrogen-bond acceptors (Lipinski definition) is 3. The van der Waals surface area contributed by atoms with Gasteiger partial charge < -0.3 is 5.73 Å². The molecule has 0 radical (unpaired) electrons. The SMILES string of the molecule is NCC1(N2CCN3CCCCC3C2)CC2CCC1C2. The number of piperidine rings is 1. The maximum Gasteiger partial charge on any atom is 0.0363 e. The van der Waals surface area contributed by atoms with E-state index in [0.29, 0.717) is 5.54 Å². The van der Waals surface area contributed by atoms with Crippen molar-refractivity contribution in [3.8, 4) is 0 Å². The molecule has 2 saturated heterocycles. The van der Waals surface area contributed by atoms with Crippen LogP contribution in [0.2, 0.25) is 0 Å². The highest BCUT2D eigenvalue weighted by Crippen LogP contribution is 2.53. The first-order chi connectivity index (χ1) is 9.32. The summed E-state index contributed by atoms with van der Waals surface area (Å²) in [4.78, 5) is 5.58. The van der Waals surface area contributed by atoms with Crippen molar-refractivity contribution < 1.29 is 0 Å².